The molecular formula is C7H2N2S3. The SMILES string of the molecule is N#CC1=C(C#N)SC(=CC=S)S1. The third kappa shape index (κ3) is 1.89. The van der Waals surface area contributed by atoms with Gasteiger partial charge < -0.3 is 0 Å². The molecule has 0 amide bonds. The zero-order valence-electron chi connectivity index (χ0n) is 5.77. The molecule has 5 heteroatoms. The highest BCUT2D eigenvalue weighted by Gasteiger charge is 2.19. The molecule has 0 atom stereocenters. The Bertz CT molecular complexity index is 326. The van der Waals surface area contributed by atoms with Crippen molar-refractivity contribution < 1.29 is 0 Å². The van der Waals surface area contributed by atoms with Gasteiger partial charge in [0.1, 0.15) is 21.9 Å². The van der Waals surface area contributed by atoms with Crippen LogP contribution in [0.1, 0.15) is 0 Å². The number of allylic oxidation sites excluding steroid dienone is 3. The zero-order chi connectivity index (χ0) is 8.97. The van der Waals surface area contributed by atoms with E-state index in [1.54, 1.807) is 6.08 Å². The lowest BCUT2D eigenvalue weighted by atomic mass is 10.5. The maximum atomic E-state index is 8.60. The van der Waals surface area contributed by atoms with Gasteiger partial charge in [-0.1, -0.05) is 35.7 Å². The Kier molecular flexibility index (Phi) is 3.36. The molecule has 1 heterocycles. The number of thiocarbonyl (C=S) groups is 1. The Hall–Kier alpha value is -0.750. The van der Waals surface area contributed by atoms with Crippen molar-refractivity contribution in [2.45, 2.75) is 0 Å². The Morgan fingerprint density at radius 2 is 1.67 bits per heavy atom. The van der Waals surface area contributed by atoms with E-state index in [-0.39, 0.29) is 0 Å². The number of nitrogens with zero attached hydrogens (tertiary/aromatic N) is 2. The fourth-order valence-electron chi connectivity index (χ4n) is 0.586. The highest BCUT2D eigenvalue weighted by molar-refractivity contribution is 8.28. The summed E-state index contributed by atoms with van der Waals surface area (Å²) in [4.78, 5) is 0.927. The Balaban J connectivity index is 2.89. The van der Waals surface area contributed by atoms with E-state index in [0.29, 0.717) is 9.81 Å². The molecule has 0 saturated carbocycles. The van der Waals surface area contributed by atoms with Crippen LogP contribution in [0.3, 0.4) is 0 Å². The molecule has 0 aromatic carbocycles. The molecule has 0 N–H and O–H groups in total. The summed E-state index contributed by atoms with van der Waals surface area (Å²) < 4.78 is 0.887. The highest BCUT2D eigenvalue weighted by Crippen LogP contribution is 2.47. The van der Waals surface area contributed by atoms with Gasteiger partial charge in [-0.05, 0) is 6.08 Å². The molecule has 12 heavy (non-hydrogen) atoms. The van der Waals surface area contributed by atoms with Gasteiger partial charge in [-0.3, -0.25) is 0 Å². The summed E-state index contributed by atoms with van der Waals surface area (Å²) in [5.74, 6) is 0. The molecule has 0 aliphatic carbocycles. The van der Waals surface area contributed by atoms with Crippen LogP contribution >= 0.6 is 35.7 Å². The van der Waals surface area contributed by atoms with E-state index in [1.807, 2.05) is 12.1 Å². The second-order valence-electron chi connectivity index (χ2n) is 1.71. The van der Waals surface area contributed by atoms with Gasteiger partial charge in [-0.2, -0.15) is 10.5 Å². The summed E-state index contributed by atoms with van der Waals surface area (Å²) in [6.07, 6.45) is 1.71. The van der Waals surface area contributed by atoms with Gasteiger partial charge in [-0.15, -0.1) is 0 Å². The van der Waals surface area contributed by atoms with Gasteiger partial charge in [0.25, 0.3) is 0 Å². The van der Waals surface area contributed by atoms with Gasteiger partial charge in [0.15, 0.2) is 0 Å². The van der Waals surface area contributed by atoms with Crippen molar-refractivity contribution in [2.75, 3.05) is 0 Å². The molecule has 0 unspecified atom stereocenters. The molecule has 1 aliphatic rings. The Morgan fingerprint density at radius 3 is 2.00 bits per heavy atom. The normalized spacial score (nSPS) is 15.3. The second kappa shape index (κ2) is 4.32. The number of hydrogen-bond donors (Lipinski definition) is 0. The molecule has 58 valence electrons. The van der Waals surface area contributed by atoms with Crippen LogP contribution in [0.5, 0.6) is 0 Å². The minimum atomic E-state index is 0.464. The summed E-state index contributed by atoms with van der Waals surface area (Å²) in [5.41, 5.74) is 0. The van der Waals surface area contributed by atoms with Gasteiger partial charge >= 0.3 is 0 Å². The van der Waals surface area contributed by atoms with Crippen LogP contribution in [0, 0.1) is 22.7 Å². The predicted molar refractivity (Wildman–Crippen MR) is 55.2 cm³/mol. The average molecular weight is 210 g/mol. The van der Waals surface area contributed by atoms with Crippen molar-refractivity contribution in [1.82, 2.24) is 0 Å². The van der Waals surface area contributed by atoms with E-state index in [9.17, 15) is 0 Å². The van der Waals surface area contributed by atoms with Crippen LogP contribution in [0.15, 0.2) is 20.1 Å². The topological polar surface area (TPSA) is 47.6 Å². The molecule has 0 saturated heterocycles. The lowest BCUT2D eigenvalue weighted by molar-refractivity contribution is 1.50. The molecule has 0 aromatic heterocycles. The lowest BCUT2D eigenvalue weighted by Crippen LogP contribution is -1.66. The van der Waals surface area contributed by atoms with Crippen LogP contribution in [0.4, 0.5) is 0 Å². The van der Waals surface area contributed by atoms with Gasteiger partial charge in [0.05, 0.1) is 4.24 Å². The fourth-order valence-corrected chi connectivity index (χ4v) is 2.85. The maximum Gasteiger partial charge on any atom is 0.115 e. The minimum absolute atomic E-state index is 0.464. The summed E-state index contributed by atoms with van der Waals surface area (Å²) in [5, 5.41) is 18.7. The molecule has 0 spiro atoms. The fraction of sp³-hybridized carbons (Fsp3) is 0. The van der Waals surface area contributed by atoms with Gasteiger partial charge in [-0.25, -0.2) is 0 Å². The number of nitriles is 2. The summed E-state index contributed by atoms with van der Waals surface area (Å²) in [7, 11) is 0. The molecule has 0 bridgehead atoms. The van der Waals surface area contributed by atoms with E-state index in [2.05, 4.69) is 12.2 Å². The first kappa shape index (κ1) is 9.34. The first-order chi connectivity index (χ1) is 5.81. The largest absolute Gasteiger partial charge is 0.192 e. The van der Waals surface area contributed by atoms with Crippen molar-refractivity contribution in [3.8, 4) is 12.1 Å². The van der Waals surface area contributed by atoms with Crippen LogP contribution < -0.4 is 0 Å². The zero-order valence-corrected chi connectivity index (χ0v) is 8.22. The summed E-state index contributed by atoms with van der Waals surface area (Å²) >= 11 is 7.21. The maximum absolute atomic E-state index is 8.60. The molecule has 1 aliphatic heterocycles. The van der Waals surface area contributed by atoms with Crippen LogP contribution in [0.25, 0.3) is 0 Å². The first-order valence-electron chi connectivity index (χ1n) is 2.87. The molecule has 1 rings (SSSR count). The van der Waals surface area contributed by atoms with E-state index < -0.39 is 0 Å². The standard InChI is InChI=1S/C7H2N2S3/c8-3-5-6(4-9)12-7(11-5)1-2-10/h1-2H. The van der Waals surface area contributed by atoms with Crippen molar-refractivity contribution in [1.29, 1.82) is 10.5 Å². The van der Waals surface area contributed by atoms with Crippen LogP contribution in [0.2, 0.25) is 0 Å². The summed E-state index contributed by atoms with van der Waals surface area (Å²) in [6, 6.07) is 3.93. The Morgan fingerprint density at radius 1 is 1.17 bits per heavy atom. The smallest absolute Gasteiger partial charge is 0.115 e. The molecular weight excluding hydrogens is 208 g/mol. The van der Waals surface area contributed by atoms with Crippen molar-refractivity contribution in [3.05, 3.63) is 20.1 Å². The number of hydrogen-bond acceptors (Lipinski definition) is 5. The van der Waals surface area contributed by atoms with Crippen molar-refractivity contribution in [2.24, 2.45) is 0 Å². The number of thioether (sulfide) groups is 2. The Labute approximate surface area is 83.9 Å². The monoisotopic (exact) mass is 210 g/mol. The van der Waals surface area contributed by atoms with Crippen molar-refractivity contribution in [3.63, 3.8) is 0 Å². The predicted octanol–water partition coefficient (Wildman–Crippen LogP) is 2.57. The van der Waals surface area contributed by atoms with E-state index >= 15 is 0 Å². The summed E-state index contributed by atoms with van der Waals surface area (Å²) in [6.45, 7) is 0. The molecule has 0 radical (unpaired) electrons. The van der Waals surface area contributed by atoms with Crippen molar-refractivity contribution >= 4 is 41.1 Å². The quantitative estimate of drug-likeness (QED) is 0.491. The lowest BCUT2D eigenvalue weighted by Gasteiger charge is -1.87. The molecule has 2 nitrogen and oxygen atoms in total. The van der Waals surface area contributed by atoms with E-state index in [1.165, 1.54) is 28.9 Å². The van der Waals surface area contributed by atoms with E-state index in [0.717, 1.165) is 4.24 Å². The number of rotatable bonds is 1. The second-order valence-corrected chi connectivity index (χ2v) is 4.34. The molecule has 0 aromatic rings. The highest BCUT2D eigenvalue weighted by atomic mass is 32.2. The third-order valence-corrected chi connectivity index (χ3v) is 3.46. The van der Waals surface area contributed by atoms with Crippen LogP contribution in [-0.4, -0.2) is 5.37 Å². The first-order valence-corrected chi connectivity index (χ1v) is 4.98. The van der Waals surface area contributed by atoms with Gasteiger partial charge in [0, 0.05) is 5.37 Å². The van der Waals surface area contributed by atoms with E-state index in [4.69, 9.17) is 10.5 Å². The van der Waals surface area contributed by atoms with Gasteiger partial charge in [0.2, 0.25) is 0 Å². The third-order valence-electron chi connectivity index (χ3n) is 1.02. The molecule has 0 fully saturated rings. The minimum Gasteiger partial charge on any atom is -0.192 e. The van der Waals surface area contributed by atoms with Crippen LogP contribution in [-0.2, 0) is 0 Å². The average Bonchev–Trinajstić information content (AvgIpc) is 2.48.